The van der Waals surface area contributed by atoms with Crippen molar-refractivity contribution in [2.45, 2.75) is 9.79 Å². The molecule has 0 atom stereocenters. The van der Waals surface area contributed by atoms with Crippen molar-refractivity contribution in [2.24, 2.45) is 0 Å². The van der Waals surface area contributed by atoms with Crippen molar-refractivity contribution in [3.05, 3.63) is 59.7 Å². The minimum absolute atomic E-state index is 0.291. The van der Waals surface area contributed by atoms with Crippen LogP contribution in [-0.4, -0.2) is 6.29 Å². The van der Waals surface area contributed by atoms with Crippen LogP contribution in [0.1, 0.15) is 10.4 Å². The third-order valence-corrected chi connectivity index (χ3v) is 3.24. The van der Waals surface area contributed by atoms with Gasteiger partial charge in [0.05, 0.1) is 0 Å². The number of halogens is 2. The van der Waals surface area contributed by atoms with Gasteiger partial charge in [-0.2, -0.15) is 0 Å². The Morgan fingerprint density at radius 1 is 0.941 bits per heavy atom. The van der Waals surface area contributed by atoms with E-state index in [0.717, 1.165) is 4.90 Å². The number of benzene rings is 2. The van der Waals surface area contributed by atoms with Crippen molar-refractivity contribution in [1.29, 1.82) is 0 Å². The SMILES string of the molecule is O=Cc1cc(F)ccc1Sc1ccc(F)cc1. The predicted molar refractivity (Wildman–Crippen MR) is 62.3 cm³/mol. The molecule has 1 nitrogen and oxygen atoms in total. The second kappa shape index (κ2) is 5.10. The summed E-state index contributed by atoms with van der Waals surface area (Å²) in [7, 11) is 0. The molecule has 0 heterocycles. The van der Waals surface area contributed by atoms with Gasteiger partial charge >= 0.3 is 0 Å². The van der Waals surface area contributed by atoms with Gasteiger partial charge in [0.25, 0.3) is 0 Å². The zero-order valence-corrected chi connectivity index (χ0v) is 9.51. The van der Waals surface area contributed by atoms with E-state index in [9.17, 15) is 13.6 Å². The van der Waals surface area contributed by atoms with Crippen molar-refractivity contribution in [3.8, 4) is 0 Å². The number of rotatable bonds is 3. The van der Waals surface area contributed by atoms with Gasteiger partial charge in [0.2, 0.25) is 0 Å². The predicted octanol–water partition coefficient (Wildman–Crippen LogP) is 3.93. The lowest BCUT2D eigenvalue weighted by molar-refractivity contribution is 0.112. The van der Waals surface area contributed by atoms with Gasteiger partial charge in [-0.05, 0) is 42.5 Å². The van der Waals surface area contributed by atoms with Crippen molar-refractivity contribution < 1.29 is 13.6 Å². The molecule has 0 unspecified atom stereocenters. The normalized spacial score (nSPS) is 10.2. The van der Waals surface area contributed by atoms with Crippen LogP contribution in [0.2, 0.25) is 0 Å². The molecule has 0 N–H and O–H groups in total. The van der Waals surface area contributed by atoms with Gasteiger partial charge in [-0.25, -0.2) is 8.78 Å². The van der Waals surface area contributed by atoms with Crippen LogP contribution < -0.4 is 0 Å². The maximum atomic E-state index is 12.9. The standard InChI is InChI=1S/C13H8F2OS/c14-10-1-4-12(5-2-10)17-13-6-3-11(15)7-9(13)8-16/h1-8H. The molecule has 2 aromatic rings. The van der Waals surface area contributed by atoms with E-state index in [0.29, 0.717) is 16.7 Å². The first-order chi connectivity index (χ1) is 8.19. The van der Waals surface area contributed by atoms with Crippen molar-refractivity contribution in [2.75, 3.05) is 0 Å². The summed E-state index contributed by atoms with van der Waals surface area (Å²) in [6.07, 6.45) is 0.606. The first-order valence-corrected chi connectivity index (χ1v) is 5.69. The zero-order chi connectivity index (χ0) is 12.3. The Labute approximate surface area is 101 Å². The van der Waals surface area contributed by atoms with Gasteiger partial charge in [0.1, 0.15) is 11.6 Å². The van der Waals surface area contributed by atoms with Crippen molar-refractivity contribution in [3.63, 3.8) is 0 Å². The quantitative estimate of drug-likeness (QED) is 0.768. The molecule has 0 aliphatic heterocycles. The third kappa shape index (κ3) is 2.91. The number of aldehydes is 1. The summed E-state index contributed by atoms with van der Waals surface area (Å²) >= 11 is 1.29. The topological polar surface area (TPSA) is 17.1 Å². The summed E-state index contributed by atoms with van der Waals surface area (Å²) < 4.78 is 25.6. The van der Waals surface area contributed by atoms with Crippen molar-refractivity contribution in [1.82, 2.24) is 0 Å². The average Bonchev–Trinajstić information content (AvgIpc) is 2.34. The molecule has 0 aromatic heterocycles. The molecule has 17 heavy (non-hydrogen) atoms. The lowest BCUT2D eigenvalue weighted by atomic mass is 10.2. The summed E-state index contributed by atoms with van der Waals surface area (Å²) in [5.74, 6) is -0.764. The molecule has 0 radical (unpaired) electrons. The number of hydrogen-bond acceptors (Lipinski definition) is 2. The molecule has 0 amide bonds. The van der Waals surface area contributed by atoms with E-state index in [2.05, 4.69) is 0 Å². The highest BCUT2D eigenvalue weighted by Gasteiger charge is 2.05. The van der Waals surface area contributed by atoms with Crippen LogP contribution in [0.15, 0.2) is 52.3 Å². The smallest absolute Gasteiger partial charge is 0.151 e. The van der Waals surface area contributed by atoms with E-state index in [1.807, 2.05) is 0 Å². The van der Waals surface area contributed by atoms with E-state index < -0.39 is 5.82 Å². The fourth-order valence-electron chi connectivity index (χ4n) is 1.33. The summed E-state index contributed by atoms with van der Waals surface area (Å²) in [4.78, 5) is 12.2. The maximum Gasteiger partial charge on any atom is 0.151 e. The fraction of sp³-hybridized carbons (Fsp3) is 0. The van der Waals surface area contributed by atoms with Crippen LogP contribution in [-0.2, 0) is 0 Å². The second-order valence-corrected chi connectivity index (χ2v) is 4.47. The summed E-state index contributed by atoms with van der Waals surface area (Å²) in [5, 5.41) is 0. The Hall–Kier alpha value is -1.68. The summed E-state index contributed by atoms with van der Waals surface area (Å²) in [5.41, 5.74) is 0.291. The minimum Gasteiger partial charge on any atom is -0.298 e. The number of carbonyl (C=O) groups is 1. The summed E-state index contributed by atoms with van der Waals surface area (Å²) in [6, 6.07) is 9.90. The van der Waals surface area contributed by atoms with E-state index in [-0.39, 0.29) is 5.82 Å². The Bertz CT molecular complexity index is 538. The van der Waals surface area contributed by atoms with Crippen LogP contribution >= 0.6 is 11.8 Å². The Morgan fingerprint density at radius 3 is 2.24 bits per heavy atom. The second-order valence-electron chi connectivity index (χ2n) is 3.36. The Morgan fingerprint density at radius 2 is 1.59 bits per heavy atom. The molecule has 0 saturated heterocycles. The van der Waals surface area contributed by atoms with Gasteiger partial charge < -0.3 is 0 Å². The Kier molecular flexibility index (Phi) is 3.54. The van der Waals surface area contributed by atoms with Crippen LogP contribution in [0.25, 0.3) is 0 Å². The number of carbonyl (C=O) groups excluding carboxylic acids is 1. The molecule has 0 aliphatic rings. The van der Waals surface area contributed by atoms with E-state index in [1.54, 1.807) is 12.1 Å². The molecule has 0 bridgehead atoms. The zero-order valence-electron chi connectivity index (χ0n) is 8.69. The van der Waals surface area contributed by atoms with Crippen LogP contribution in [0.3, 0.4) is 0 Å². The van der Waals surface area contributed by atoms with Crippen LogP contribution in [0.4, 0.5) is 8.78 Å². The van der Waals surface area contributed by atoms with Gasteiger partial charge in [-0.1, -0.05) is 11.8 Å². The maximum absolute atomic E-state index is 12.9. The first-order valence-electron chi connectivity index (χ1n) is 4.87. The third-order valence-electron chi connectivity index (χ3n) is 2.14. The van der Waals surface area contributed by atoms with E-state index in [4.69, 9.17) is 0 Å². The Balaban J connectivity index is 2.29. The molecule has 0 aliphatic carbocycles. The number of hydrogen-bond donors (Lipinski definition) is 0. The highest BCUT2D eigenvalue weighted by molar-refractivity contribution is 7.99. The average molecular weight is 250 g/mol. The molecule has 0 spiro atoms. The largest absolute Gasteiger partial charge is 0.298 e. The van der Waals surface area contributed by atoms with Crippen LogP contribution in [0.5, 0.6) is 0 Å². The highest BCUT2D eigenvalue weighted by Crippen LogP contribution is 2.30. The molecule has 4 heteroatoms. The lowest BCUT2D eigenvalue weighted by Crippen LogP contribution is -1.87. The lowest BCUT2D eigenvalue weighted by Gasteiger charge is -2.04. The van der Waals surface area contributed by atoms with Gasteiger partial charge in [0, 0.05) is 15.4 Å². The van der Waals surface area contributed by atoms with Crippen LogP contribution in [0, 0.1) is 11.6 Å². The molecule has 2 rings (SSSR count). The molecular weight excluding hydrogens is 242 g/mol. The van der Waals surface area contributed by atoms with E-state index in [1.165, 1.54) is 42.1 Å². The van der Waals surface area contributed by atoms with Gasteiger partial charge in [-0.3, -0.25) is 4.79 Å². The minimum atomic E-state index is -0.449. The van der Waals surface area contributed by atoms with Gasteiger partial charge in [-0.15, -0.1) is 0 Å². The monoisotopic (exact) mass is 250 g/mol. The molecule has 86 valence electrons. The molecular formula is C13H8F2OS. The fourth-order valence-corrected chi connectivity index (χ4v) is 2.22. The molecule has 0 saturated carbocycles. The van der Waals surface area contributed by atoms with E-state index >= 15 is 0 Å². The summed E-state index contributed by atoms with van der Waals surface area (Å²) in [6.45, 7) is 0. The first kappa shape index (κ1) is 11.8. The highest BCUT2D eigenvalue weighted by atomic mass is 32.2. The van der Waals surface area contributed by atoms with Gasteiger partial charge in [0.15, 0.2) is 6.29 Å². The molecule has 0 fully saturated rings. The molecule has 2 aromatic carbocycles. The van der Waals surface area contributed by atoms with Crippen molar-refractivity contribution >= 4 is 18.0 Å².